The quantitative estimate of drug-likeness (QED) is 0.686. The van der Waals surface area contributed by atoms with Crippen molar-refractivity contribution in [3.8, 4) is 5.75 Å². The first-order valence-electron chi connectivity index (χ1n) is 9.58. The number of hydrogen-bond donors (Lipinski definition) is 1. The molecule has 29 heavy (non-hydrogen) atoms. The highest BCUT2D eigenvalue weighted by Crippen LogP contribution is 2.28. The number of carbonyl (C=O) groups is 2. The van der Waals surface area contributed by atoms with Crippen LogP contribution in [0.1, 0.15) is 25.8 Å². The van der Waals surface area contributed by atoms with Gasteiger partial charge in [0.1, 0.15) is 12.4 Å². The maximum absolute atomic E-state index is 12.4. The lowest BCUT2D eigenvalue weighted by Gasteiger charge is -2.17. The average molecular weight is 435 g/mol. The fourth-order valence-electron chi connectivity index (χ4n) is 3.10. The fourth-order valence-corrected chi connectivity index (χ4v) is 3.57. The van der Waals surface area contributed by atoms with Gasteiger partial charge in [-0.2, -0.15) is 0 Å². The highest BCUT2D eigenvalue weighted by molar-refractivity contribution is 6.35. The maximum atomic E-state index is 12.4. The molecule has 0 aromatic heterocycles. The Morgan fingerprint density at radius 1 is 1.21 bits per heavy atom. The predicted octanol–water partition coefficient (Wildman–Crippen LogP) is 4.70. The van der Waals surface area contributed by atoms with Gasteiger partial charge >= 0.3 is 0 Å². The van der Waals surface area contributed by atoms with Crippen LogP contribution in [0, 0.1) is 11.8 Å². The number of carbonyl (C=O) groups excluding carboxylic acids is 2. The molecule has 0 radical (unpaired) electrons. The molecule has 0 aliphatic carbocycles. The molecule has 1 aliphatic rings. The molecule has 1 atom stereocenters. The minimum Gasteiger partial charge on any atom is -0.489 e. The van der Waals surface area contributed by atoms with Crippen molar-refractivity contribution >= 4 is 40.7 Å². The summed E-state index contributed by atoms with van der Waals surface area (Å²) in [5.41, 5.74) is 1.59. The molecule has 0 saturated carbocycles. The van der Waals surface area contributed by atoms with E-state index in [-0.39, 0.29) is 24.2 Å². The molecule has 0 bridgehead atoms. The second-order valence-corrected chi connectivity index (χ2v) is 8.41. The number of hydrogen-bond acceptors (Lipinski definition) is 3. The largest absolute Gasteiger partial charge is 0.489 e. The Morgan fingerprint density at radius 3 is 2.59 bits per heavy atom. The number of ether oxygens (including phenoxy) is 1. The monoisotopic (exact) mass is 434 g/mol. The van der Waals surface area contributed by atoms with E-state index in [2.05, 4.69) is 5.32 Å². The van der Waals surface area contributed by atoms with Gasteiger partial charge in [-0.15, -0.1) is 0 Å². The Labute approximate surface area is 180 Å². The van der Waals surface area contributed by atoms with Crippen molar-refractivity contribution in [1.29, 1.82) is 0 Å². The van der Waals surface area contributed by atoms with Crippen LogP contribution >= 0.6 is 23.2 Å². The summed E-state index contributed by atoms with van der Waals surface area (Å²) in [4.78, 5) is 26.3. The van der Waals surface area contributed by atoms with Gasteiger partial charge in [-0.05, 0) is 42.3 Å². The van der Waals surface area contributed by atoms with E-state index in [0.29, 0.717) is 41.4 Å². The molecule has 3 rings (SSSR count). The Bertz CT molecular complexity index is 884. The summed E-state index contributed by atoms with van der Waals surface area (Å²) in [6.45, 7) is 5.40. The van der Waals surface area contributed by atoms with E-state index in [1.54, 1.807) is 29.2 Å². The van der Waals surface area contributed by atoms with Crippen molar-refractivity contribution in [2.45, 2.75) is 26.9 Å². The topological polar surface area (TPSA) is 58.6 Å². The molecule has 1 aliphatic heterocycles. The molecule has 5 nitrogen and oxygen atoms in total. The van der Waals surface area contributed by atoms with Gasteiger partial charge in [0.25, 0.3) is 0 Å². The normalized spacial score (nSPS) is 16.4. The summed E-state index contributed by atoms with van der Waals surface area (Å²) >= 11 is 12.1. The lowest BCUT2D eigenvalue weighted by Crippen LogP contribution is -2.34. The Hall–Kier alpha value is -2.24. The molecule has 1 saturated heterocycles. The third kappa shape index (κ3) is 5.64. The third-order valence-corrected chi connectivity index (χ3v) is 5.33. The second-order valence-electron chi connectivity index (χ2n) is 7.56. The van der Waals surface area contributed by atoms with E-state index in [1.807, 2.05) is 32.0 Å². The summed E-state index contributed by atoms with van der Waals surface area (Å²) in [6, 6.07) is 12.5. The second kappa shape index (κ2) is 9.51. The van der Waals surface area contributed by atoms with Crippen LogP contribution in [0.3, 0.4) is 0 Å². The Balaban J connectivity index is 1.58. The molecular formula is C22H24Cl2N2O3. The number of rotatable bonds is 7. The molecule has 0 unspecified atom stereocenters. The van der Waals surface area contributed by atoms with Gasteiger partial charge < -0.3 is 15.0 Å². The number of benzene rings is 2. The lowest BCUT2D eigenvalue weighted by molar-refractivity contribution is -0.126. The van der Waals surface area contributed by atoms with Gasteiger partial charge in [0.2, 0.25) is 11.8 Å². The van der Waals surface area contributed by atoms with Crippen LogP contribution in [-0.4, -0.2) is 24.9 Å². The molecule has 0 spiro atoms. The summed E-state index contributed by atoms with van der Waals surface area (Å²) in [6.07, 6.45) is 0.233. The lowest BCUT2D eigenvalue weighted by atomic mass is 10.1. The van der Waals surface area contributed by atoms with Crippen molar-refractivity contribution in [3.63, 3.8) is 0 Å². The number of nitrogens with zero attached hydrogens (tertiary/aromatic N) is 1. The van der Waals surface area contributed by atoms with E-state index in [9.17, 15) is 9.59 Å². The molecule has 154 valence electrons. The van der Waals surface area contributed by atoms with Crippen LogP contribution in [0.5, 0.6) is 5.75 Å². The first-order valence-corrected chi connectivity index (χ1v) is 10.3. The highest BCUT2D eigenvalue weighted by Gasteiger charge is 2.35. The number of halogens is 2. The highest BCUT2D eigenvalue weighted by atomic mass is 35.5. The van der Waals surface area contributed by atoms with Crippen molar-refractivity contribution in [3.05, 3.63) is 58.1 Å². The minimum absolute atomic E-state index is 0.0451. The molecule has 7 heteroatoms. The predicted molar refractivity (Wildman–Crippen MR) is 116 cm³/mol. The van der Waals surface area contributed by atoms with E-state index in [4.69, 9.17) is 27.9 Å². The molecule has 2 aromatic rings. The third-order valence-electron chi connectivity index (χ3n) is 4.74. The zero-order valence-electron chi connectivity index (χ0n) is 16.5. The Morgan fingerprint density at radius 2 is 1.93 bits per heavy atom. The van der Waals surface area contributed by atoms with Gasteiger partial charge in [0, 0.05) is 40.8 Å². The summed E-state index contributed by atoms with van der Waals surface area (Å²) in [5.74, 6) is 0.620. The average Bonchev–Trinajstić information content (AvgIpc) is 3.07. The molecule has 1 fully saturated rings. The Kier molecular flexibility index (Phi) is 7.04. The smallest absolute Gasteiger partial charge is 0.227 e. The van der Waals surface area contributed by atoms with Crippen molar-refractivity contribution in [1.82, 2.24) is 5.32 Å². The van der Waals surface area contributed by atoms with Gasteiger partial charge in [-0.25, -0.2) is 0 Å². The van der Waals surface area contributed by atoms with Crippen LogP contribution in [0.15, 0.2) is 42.5 Å². The van der Waals surface area contributed by atoms with Gasteiger partial charge in [0.05, 0.1) is 5.92 Å². The van der Waals surface area contributed by atoms with Crippen LogP contribution in [0.4, 0.5) is 5.69 Å². The summed E-state index contributed by atoms with van der Waals surface area (Å²) in [7, 11) is 0. The van der Waals surface area contributed by atoms with Crippen molar-refractivity contribution in [2.24, 2.45) is 11.8 Å². The first-order chi connectivity index (χ1) is 13.8. The van der Waals surface area contributed by atoms with Gasteiger partial charge in [-0.1, -0.05) is 43.1 Å². The molecular weight excluding hydrogens is 411 g/mol. The molecule has 2 aromatic carbocycles. The first kappa shape index (κ1) is 21.5. The van der Waals surface area contributed by atoms with Crippen LogP contribution in [0.2, 0.25) is 10.0 Å². The number of anilines is 1. The van der Waals surface area contributed by atoms with Gasteiger partial charge in [-0.3, -0.25) is 9.59 Å². The van der Waals surface area contributed by atoms with Gasteiger partial charge in [0.15, 0.2) is 0 Å². The van der Waals surface area contributed by atoms with Crippen molar-refractivity contribution in [2.75, 3.05) is 18.0 Å². The van der Waals surface area contributed by atoms with E-state index in [1.165, 1.54) is 0 Å². The minimum atomic E-state index is -0.316. The SMILES string of the molecule is CC(C)CNC(=O)[C@H]1CC(=O)N(c2ccc(OCc3ccc(Cl)cc3Cl)cc2)C1. The van der Waals surface area contributed by atoms with Crippen LogP contribution in [0.25, 0.3) is 0 Å². The van der Waals surface area contributed by atoms with Crippen LogP contribution < -0.4 is 15.0 Å². The van der Waals surface area contributed by atoms with E-state index < -0.39 is 0 Å². The molecule has 1 heterocycles. The van der Waals surface area contributed by atoms with E-state index >= 15 is 0 Å². The standard InChI is InChI=1S/C22H24Cl2N2O3/c1-14(2)11-25-22(28)16-9-21(27)26(12-16)18-5-7-19(8-6-18)29-13-15-3-4-17(23)10-20(15)24/h3-8,10,14,16H,9,11-13H2,1-2H3,(H,25,28)/t16-/m0/s1. The zero-order valence-corrected chi connectivity index (χ0v) is 18.0. The molecule has 1 N–H and O–H groups in total. The molecule has 2 amide bonds. The fraction of sp³-hybridized carbons (Fsp3) is 0.364. The number of nitrogens with one attached hydrogen (secondary N) is 1. The number of amides is 2. The maximum Gasteiger partial charge on any atom is 0.227 e. The summed E-state index contributed by atoms with van der Waals surface area (Å²) in [5, 5.41) is 4.04. The summed E-state index contributed by atoms with van der Waals surface area (Å²) < 4.78 is 5.78. The van der Waals surface area contributed by atoms with Crippen molar-refractivity contribution < 1.29 is 14.3 Å². The zero-order chi connectivity index (χ0) is 21.0. The van der Waals surface area contributed by atoms with E-state index in [0.717, 1.165) is 11.3 Å². The van der Waals surface area contributed by atoms with Crippen LogP contribution in [-0.2, 0) is 16.2 Å².